The molecule has 1 atom stereocenters. The Morgan fingerprint density at radius 1 is 1.24 bits per heavy atom. The number of carbonyl (C=O) groups excluding carboxylic acids is 1. The number of ether oxygens (including phenoxy) is 1. The van der Waals surface area contributed by atoms with E-state index >= 15 is 0 Å². The number of amides is 1. The monoisotopic (exact) mass is 398 g/mol. The predicted molar refractivity (Wildman–Crippen MR) is 108 cm³/mol. The summed E-state index contributed by atoms with van der Waals surface area (Å²) in [5, 5.41) is 2.91. The minimum Gasteiger partial charge on any atom is -0.435 e. The van der Waals surface area contributed by atoms with Crippen molar-refractivity contribution in [3.8, 4) is 18.1 Å². The number of hydrogen-bond acceptors (Lipinski definition) is 3. The van der Waals surface area contributed by atoms with Crippen molar-refractivity contribution in [1.82, 2.24) is 10.2 Å². The van der Waals surface area contributed by atoms with E-state index in [-0.39, 0.29) is 24.2 Å². The van der Waals surface area contributed by atoms with Crippen LogP contribution in [0.1, 0.15) is 29.2 Å². The van der Waals surface area contributed by atoms with Crippen LogP contribution in [0.15, 0.2) is 48.5 Å². The molecule has 1 amide bonds. The molecule has 2 aromatic carbocycles. The Bertz CT molecular complexity index is 862. The maximum Gasteiger partial charge on any atom is 0.387 e. The van der Waals surface area contributed by atoms with Gasteiger partial charge in [-0.05, 0) is 48.1 Å². The van der Waals surface area contributed by atoms with Crippen molar-refractivity contribution in [3.05, 3.63) is 65.2 Å². The first-order valence-corrected chi connectivity index (χ1v) is 9.62. The molecule has 0 fully saturated rings. The molecule has 0 unspecified atom stereocenters. The zero-order valence-electron chi connectivity index (χ0n) is 16.1. The van der Waals surface area contributed by atoms with Crippen LogP contribution < -0.4 is 10.1 Å². The third-order valence-corrected chi connectivity index (χ3v) is 5.07. The molecule has 1 N–H and O–H groups in total. The summed E-state index contributed by atoms with van der Waals surface area (Å²) < 4.78 is 28.7. The Balaban J connectivity index is 1.49. The molecule has 0 spiro atoms. The average molecular weight is 398 g/mol. The van der Waals surface area contributed by atoms with Crippen molar-refractivity contribution in [2.45, 2.75) is 31.9 Å². The SMILES string of the molecule is C#CCN(CC(=O)NCCc1ccc(OC(F)F)cc1)[C@H]1CCc2ccccc21. The quantitative estimate of drug-likeness (QED) is 0.657. The fraction of sp³-hybridized carbons (Fsp3) is 0.348. The molecule has 0 radical (unpaired) electrons. The highest BCUT2D eigenvalue weighted by Gasteiger charge is 2.28. The van der Waals surface area contributed by atoms with Crippen LogP contribution in [-0.4, -0.2) is 37.1 Å². The predicted octanol–water partition coefficient (Wildman–Crippen LogP) is 3.57. The molecule has 1 aliphatic carbocycles. The second-order valence-electron chi connectivity index (χ2n) is 6.98. The number of aryl methyl sites for hydroxylation is 1. The molecule has 0 saturated carbocycles. The van der Waals surface area contributed by atoms with E-state index in [1.54, 1.807) is 12.1 Å². The number of nitrogens with one attached hydrogen (secondary N) is 1. The summed E-state index contributed by atoms with van der Waals surface area (Å²) in [6.07, 6.45) is 8.08. The van der Waals surface area contributed by atoms with Crippen LogP contribution in [-0.2, 0) is 17.6 Å². The molecule has 29 heavy (non-hydrogen) atoms. The Morgan fingerprint density at radius 3 is 2.72 bits per heavy atom. The van der Waals surface area contributed by atoms with Crippen molar-refractivity contribution in [3.63, 3.8) is 0 Å². The highest BCUT2D eigenvalue weighted by atomic mass is 19.3. The summed E-state index contributed by atoms with van der Waals surface area (Å²) in [5.74, 6) is 2.70. The first kappa shape index (κ1) is 20.8. The molecular formula is C23H24F2N2O2. The molecule has 0 bridgehead atoms. The molecule has 1 aliphatic rings. The number of nitrogens with zero attached hydrogens (tertiary/aromatic N) is 1. The third kappa shape index (κ3) is 5.78. The van der Waals surface area contributed by atoms with Gasteiger partial charge in [0.1, 0.15) is 5.75 Å². The van der Waals surface area contributed by atoms with Gasteiger partial charge in [0.05, 0.1) is 13.1 Å². The zero-order valence-corrected chi connectivity index (χ0v) is 16.1. The first-order valence-electron chi connectivity index (χ1n) is 9.62. The number of terminal acetylenes is 1. The van der Waals surface area contributed by atoms with E-state index in [4.69, 9.17) is 6.42 Å². The van der Waals surface area contributed by atoms with Gasteiger partial charge in [-0.15, -0.1) is 6.42 Å². The van der Waals surface area contributed by atoms with Crippen molar-refractivity contribution in [2.24, 2.45) is 0 Å². The van der Waals surface area contributed by atoms with Crippen molar-refractivity contribution < 1.29 is 18.3 Å². The standard InChI is InChI=1S/C23H24F2N2O2/c1-2-15-27(21-12-9-18-5-3-4-6-20(18)21)16-22(28)26-14-13-17-7-10-19(11-8-17)29-23(24)25/h1,3-8,10-11,21,23H,9,12-16H2,(H,26,28)/t21-/m0/s1. The summed E-state index contributed by atoms with van der Waals surface area (Å²) in [7, 11) is 0. The smallest absolute Gasteiger partial charge is 0.387 e. The largest absolute Gasteiger partial charge is 0.435 e. The lowest BCUT2D eigenvalue weighted by Crippen LogP contribution is -2.39. The lowest BCUT2D eigenvalue weighted by molar-refractivity contribution is -0.122. The summed E-state index contributed by atoms with van der Waals surface area (Å²) in [4.78, 5) is 14.5. The summed E-state index contributed by atoms with van der Waals surface area (Å²) in [5.41, 5.74) is 3.50. The Morgan fingerprint density at radius 2 is 2.00 bits per heavy atom. The average Bonchev–Trinajstić information content (AvgIpc) is 3.13. The van der Waals surface area contributed by atoms with Gasteiger partial charge in [-0.25, -0.2) is 0 Å². The van der Waals surface area contributed by atoms with Crippen LogP contribution >= 0.6 is 0 Å². The third-order valence-electron chi connectivity index (χ3n) is 5.07. The van der Waals surface area contributed by atoms with Crippen molar-refractivity contribution in [2.75, 3.05) is 19.6 Å². The lowest BCUT2D eigenvalue weighted by Gasteiger charge is -2.27. The lowest BCUT2D eigenvalue weighted by atomic mass is 10.1. The molecule has 0 saturated heterocycles. The maximum atomic E-state index is 12.4. The highest BCUT2D eigenvalue weighted by molar-refractivity contribution is 5.78. The van der Waals surface area contributed by atoms with E-state index in [9.17, 15) is 13.6 Å². The number of fused-ring (bicyclic) bond motifs is 1. The Labute approximate surface area is 169 Å². The molecule has 0 aromatic heterocycles. The Kier molecular flexibility index (Phi) is 7.20. The van der Waals surface area contributed by atoms with Gasteiger partial charge in [-0.2, -0.15) is 8.78 Å². The number of alkyl halides is 2. The topological polar surface area (TPSA) is 41.6 Å². The van der Waals surface area contributed by atoms with Gasteiger partial charge in [0, 0.05) is 12.6 Å². The number of benzene rings is 2. The van der Waals surface area contributed by atoms with Crippen LogP contribution in [0.5, 0.6) is 5.75 Å². The molecule has 4 nitrogen and oxygen atoms in total. The molecule has 0 heterocycles. The van der Waals surface area contributed by atoms with Gasteiger partial charge in [0.15, 0.2) is 0 Å². The van der Waals surface area contributed by atoms with Gasteiger partial charge >= 0.3 is 6.61 Å². The van der Waals surface area contributed by atoms with E-state index in [0.717, 1.165) is 18.4 Å². The van der Waals surface area contributed by atoms with Gasteiger partial charge in [0.25, 0.3) is 0 Å². The van der Waals surface area contributed by atoms with Crippen molar-refractivity contribution in [1.29, 1.82) is 0 Å². The first-order chi connectivity index (χ1) is 14.1. The molecule has 0 aliphatic heterocycles. The number of rotatable bonds is 9. The second kappa shape index (κ2) is 10.0. The van der Waals surface area contributed by atoms with E-state index in [1.165, 1.54) is 23.3 Å². The van der Waals surface area contributed by atoms with Gasteiger partial charge in [-0.3, -0.25) is 9.69 Å². The van der Waals surface area contributed by atoms with E-state index in [2.05, 4.69) is 28.1 Å². The molecule has 2 aromatic rings. The fourth-order valence-corrected chi connectivity index (χ4v) is 3.73. The van der Waals surface area contributed by atoms with Crippen LogP contribution in [0.4, 0.5) is 8.78 Å². The maximum absolute atomic E-state index is 12.4. The van der Waals surface area contributed by atoms with Gasteiger partial charge in [-0.1, -0.05) is 42.3 Å². The molecule has 6 heteroatoms. The van der Waals surface area contributed by atoms with Gasteiger partial charge < -0.3 is 10.1 Å². The molecular weight excluding hydrogens is 374 g/mol. The second-order valence-corrected chi connectivity index (χ2v) is 6.98. The summed E-state index contributed by atoms with van der Waals surface area (Å²) in [6.45, 7) is -1.72. The zero-order chi connectivity index (χ0) is 20.6. The highest BCUT2D eigenvalue weighted by Crippen LogP contribution is 2.35. The molecule has 3 rings (SSSR count). The fourth-order valence-electron chi connectivity index (χ4n) is 3.73. The van der Waals surface area contributed by atoms with Crippen LogP contribution in [0.3, 0.4) is 0 Å². The normalized spacial score (nSPS) is 15.2. The van der Waals surface area contributed by atoms with Crippen LogP contribution in [0.25, 0.3) is 0 Å². The number of hydrogen-bond donors (Lipinski definition) is 1. The van der Waals surface area contributed by atoms with Crippen LogP contribution in [0, 0.1) is 12.3 Å². The molecule has 152 valence electrons. The van der Waals surface area contributed by atoms with E-state index in [0.29, 0.717) is 19.5 Å². The van der Waals surface area contributed by atoms with E-state index in [1.807, 2.05) is 17.0 Å². The van der Waals surface area contributed by atoms with Crippen molar-refractivity contribution >= 4 is 5.91 Å². The van der Waals surface area contributed by atoms with Crippen LogP contribution in [0.2, 0.25) is 0 Å². The number of carbonyl (C=O) groups is 1. The number of halogens is 2. The summed E-state index contributed by atoms with van der Waals surface area (Å²) >= 11 is 0. The van der Waals surface area contributed by atoms with Gasteiger partial charge in [0.2, 0.25) is 5.91 Å². The summed E-state index contributed by atoms with van der Waals surface area (Å²) in [6, 6.07) is 14.9. The minimum atomic E-state index is -2.84. The Hall–Kier alpha value is -2.91. The van der Waals surface area contributed by atoms with E-state index < -0.39 is 6.61 Å². The minimum absolute atomic E-state index is 0.0812.